The molecule has 1 aromatic heterocycles. The molecule has 1 fully saturated rings. The topological polar surface area (TPSA) is 56.2 Å². The Bertz CT molecular complexity index is 745. The molecule has 3 rings (SSSR count). The smallest absolute Gasteiger partial charge is 0.224 e. The second-order valence-electron chi connectivity index (χ2n) is 7.68. The average Bonchev–Trinajstić information content (AvgIpc) is 3.36. The molecule has 1 aromatic carbocycles. The lowest BCUT2D eigenvalue weighted by Gasteiger charge is -2.31. The number of hydrogen-bond acceptors (Lipinski definition) is 3. The molecule has 0 saturated heterocycles. The molecule has 1 unspecified atom stereocenters. The normalized spacial score (nSPS) is 16.9. The van der Waals surface area contributed by atoms with Gasteiger partial charge < -0.3 is 14.6 Å². The molecule has 1 atom stereocenters. The Labute approximate surface area is 162 Å². The summed E-state index contributed by atoms with van der Waals surface area (Å²) in [7, 11) is 1.69. The third kappa shape index (κ3) is 4.34. The van der Waals surface area contributed by atoms with Crippen molar-refractivity contribution in [1.29, 1.82) is 0 Å². The van der Waals surface area contributed by atoms with Gasteiger partial charge in [-0.05, 0) is 30.5 Å². The largest absolute Gasteiger partial charge is 0.497 e. The first-order valence-electron chi connectivity index (χ1n) is 10.0. The quantitative estimate of drug-likeness (QED) is 0.772. The Morgan fingerprint density at radius 2 is 2.00 bits per heavy atom. The molecular formula is C22H31N3O2. The minimum atomic E-state index is -0.0844. The van der Waals surface area contributed by atoms with Crippen molar-refractivity contribution in [3.63, 3.8) is 0 Å². The fraction of sp³-hybridized carbons (Fsp3) is 0.545. The fourth-order valence-corrected chi connectivity index (χ4v) is 4.19. The van der Waals surface area contributed by atoms with Crippen LogP contribution in [0.3, 0.4) is 0 Å². The van der Waals surface area contributed by atoms with Gasteiger partial charge in [-0.25, -0.2) is 4.98 Å². The fourth-order valence-electron chi connectivity index (χ4n) is 4.19. The summed E-state index contributed by atoms with van der Waals surface area (Å²) in [5.41, 5.74) is 1.35. The molecule has 0 aliphatic heterocycles. The van der Waals surface area contributed by atoms with Gasteiger partial charge in [-0.15, -0.1) is 0 Å². The van der Waals surface area contributed by atoms with E-state index in [4.69, 9.17) is 4.74 Å². The number of methoxy groups -OCH3 is 1. The van der Waals surface area contributed by atoms with Crippen molar-refractivity contribution in [2.75, 3.05) is 13.7 Å². The van der Waals surface area contributed by atoms with E-state index < -0.39 is 0 Å². The lowest BCUT2D eigenvalue weighted by molar-refractivity contribution is -0.125. The van der Waals surface area contributed by atoms with Crippen LogP contribution in [0.5, 0.6) is 5.75 Å². The number of rotatable bonds is 8. The summed E-state index contributed by atoms with van der Waals surface area (Å²) < 4.78 is 7.37. The van der Waals surface area contributed by atoms with E-state index in [0.29, 0.717) is 13.1 Å². The first-order chi connectivity index (χ1) is 13.1. The van der Waals surface area contributed by atoms with Crippen LogP contribution in [0, 0.1) is 5.92 Å². The molecular weight excluding hydrogens is 338 g/mol. The van der Waals surface area contributed by atoms with Gasteiger partial charge in [-0.3, -0.25) is 4.79 Å². The van der Waals surface area contributed by atoms with Crippen LogP contribution in [0.4, 0.5) is 0 Å². The zero-order valence-corrected chi connectivity index (χ0v) is 16.7. The maximum absolute atomic E-state index is 12.7. The standard InChI is InChI=1S/C22H31N3O2/c1-4-20-23-13-14-25(20)15-17(2)21(26)24-16-22(11-5-6-12-22)18-7-9-19(27-3)10-8-18/h7-10,13-14,17H,4-6,11-12,15-16H2,1-3H3,(H,24,26). The first kappa shape index (κ1) is 19.5. The maximum Gasteiger partial charge on any atom is 0.224 e. The van der Waals surface area contributed by atoms with Gasteiger partial charge in [-0.2, -0.15) is 0 Å². The van der Waals surface area contributed by atoms with Crippen molar-refractivity contribution in [3.05, 3.63) is 48.0 Å². The number of benzene rings is 1. The number of nitrogens with one attached hydrogen (secondary N) is 1. The van der Waals surface area contributed by atoms with Crippen LogP contribution >= 0.6 is 0 Å². The average molecular weight is 370 g/mol. The van der Waals surface area contributed by atoms with Gasteiger partial charge in [0.25, 0.3) is 0 Å². The molecule has 5 heteroatoms. The van der Waals surface area contributed by atoms with Crippen molar-refractivity contribution in [2.24, 2.45) is 5.92 Å². The Kier molecular flexibility index (Phi) is 6.19. The van der Waals surface area contributed by atoms with E-state index in [2.05, 4.69) is 33.9 Å². The van der Waals surface area contributed by atoms with Crippen molar-refractivity contribution < 1.29 is 9.53 Å². The van der Waals surface area contributed by atoms with Gasteiger partial charge >= 0.3 is 0 Å². The second kappa shape index (κ2) is 8.59. The summed E-state index contributed by atoms with van der Waals surface area (Å²) in [5.74, 6) is 1.93. The molecule has 1 saturated carbocycles. The molecule has 146 valence electrons. The maximum atomic E-state index is 12.7. The SMILES string of the molecule is CCc1nccn1CC(C)C(=O)NCC1(c2ccc(OC)cc2)CCCC1. The Hall–Kier alpha value is -2.30. The minimum Gasteiger partial charge on any atom is -0.497 e. The van der Waals surface area contributed by atoms with Crippen molar-refractivity contribution in [3.8, 4) is 5.75 Å². The van der Waals surface area contributed by atoms with Gasteiger partial charge in [-0.1, -0.05) is 38.8 Å². The third-order valence-electron chi connectivity index (χ3n) is 5.90. The zero-order valence-electron chi connectivity index (χ0n) is 16.7. The van der Waals surface area contributed by atoms with E-state index >= 15 is 0 Å². The van der Waals surface area contributed by atoms with E-state index in [0.717, 1.165) is 30.8 Å². The van der Waals surface area contributed by atoms with E-state index in [1.165, 1.54) is 18.4 Å². The summed E-state index contributed by atoms with van der Waals surface area (Å²) >= 11 is 0. The Balaban J connectivity index is 1.64. The van der Waals surface area contributed by atoms with E-state index in [1.54, 1.807) is 13.3 Å². The van der Waals surface area contributed by atoms with Crippen LogP contribution < -0.4 is 10.1 Å². The monoisotopic (exact) mass is 369 g/mol. The van der Waals surface area contributed by atoms with Crippen molar-refractivity contribution >= 4 is 5.91 Å². The predicted octanol–water partition coefficient (Wildman–Crippen LogP) is 3.72. The number of amides is 1. The van der Waals surface area contributed by atoms with Gasteiger partial charge in [0.05, 0.1) is 13.0 Å². The number of aromatic nitrogens is 2. The summed E-state index contributed by atoms with van der Waals surface area (Å²) in [4.78, 5) is 17.1. The summed E-state index contributed by atoms with van der Waals surface area (Å²) in [6.07, 6.45) is 9.31. The minimum absolute atomic E-state index is 0.0469. The van der Waals surface area contributed by atoms with Crippen LogP contribution in [0.2, 0.25) is 0 Å². The summed E-state index contributed by atoms with van der Waals surface area (Å²) in [6.45, 7) is 5.45. The van der Waals surface area contributed by atoms with E-state index in [9.17, 15) is 4.79 Å². The third-order valence-corrected chi connectivity index (χ3v) is 5.90. The van der Waals surface area contributed by atoms with Crippen molar-refractivity contribution in [1.82, 2.24) is 14.9 Å². The van der Waals surface area contributed by atoms with Crippen LogP contribution in [0.25, 0.3) is 0 Å². The van der Waals surface area contributed by atoms with Crippen LogP contribution in [0.1, 0.15) is 50.9 Å². The van der Waals surface area contributed by atoms with Crippen LogP contribution in [0.15, 0.2) is 36.7 Å². The first-order valence-corrected chi connectivity index (χ1v) is 10.0. The van der Waals surface area contributed by atoms with Gasteiger partial charge in [0.15, 0.2) is 0 Å². The molecule has 1 N–H and O–H groups in total. The lowest BCUT2D eigenvalue weighted by Crippen LogP contribution is -2.41. The van der Waals surface area contributed by atoms with Gasteiger partial charge in [0, 0.05) is 37.3 Å². The molecule has 1 aliphatic carbocycles. The molecule has 5 nitrogen and oxygen atoms in total. The number of hydrogen-bond donors (Lipinski definition) is 1. The molecule has 0 bridgehead atoms. The zero-order chi connectivity index (χ0) is 19.3. The van der Waals surface area contributed by atoms with Crippen molar-refractivity contribution in [2.45, 2.75) is 57.9 Å². The predicted molar refractivity (Wildman–Crippen MR) is 107 cm³/mol. The molecule has 0 spiro atoms. The number of carbonyl (C=O) groups excluding carboxylic acids is 1. The molecule has 0 radical (unpaired) electrons. The Morgan fingerprint density at radius 3 is 2.63 bits per heavy atom. The highest BCUT2D eigenvalue weighted by Crippen LogP contribution is 2.41. The molecule has 2 aromatic rings. The molecule has 1 aliphatic rings. The highest BCUT2D eigenvalue weighted by atomic mass is 16.5. The number of nitrogens with zero attached hydrogens (tertiary/aromatic N) is 2. The number of imidazole rings is 1. The number of aryl methyl sites for hydroxylation is 1. The van der Waals surface area contributed by atoms with Crippen LogP contribution in [-0.4, -0.2) is 29.1 Å². The molecule has 27 heavy (non-hydrogen) atoms. The Morgan fingerprint density at radius 1 is 1.30 bits per heavy atom. The summed E-state index contributed by atoms with van der Waals surface area (Å²) in [6, 6.07) is 8.34. The number of carbonyl (C=O) groups is 1. The van der Waals surface area contributed by atoms with E-state index in [1.807, 2.05) is 25.3 Å². The second-order valence-corrected chi connectivity index (χ2v) is 7.68. The van der Waals surface area contributed by atoms with E-state index in [-0.39, 0.29) is 17.2 Å². The molecule has 1 heterocycles. The summed E-state index contributed by atoms with van der Waals surface area (Å²) in [5, 5.41) is 3.24. The highest BCUT2D eigenvalue weighted by Gasteiger charge is 2.36. The lowest BCUT2D eigenvalue weighted by atomic mass is 9.78. The van der Waals surface area contributed by atoms with Gasteiger partial charge in [0.1, 0.15) is 11.6 Å². The van der Waals surface area contributed by atoms with Crippen LogP contribution in [-0.2, 0) is 23.2 Å². The van der Waals surface area contributed by atoms with Gasteiger partial charge in [0.2, 0.25) is 5.91 Å². The molecule has 1 amide bonds. The highest BCUT2D eigenvalue weighted by molar-refractivity contribution is 5.78. The number of ether oxygens (including phenoxy) is 1.